The maximum Gasteiger partial charge on any atom is 0.246 e. The van der Waals surface area contributed by atoms with E-state index in [-0.39, 0.29) is 23.9 Å². The van der Waals surface area contributed by atoms with Crippen molar-refractivity contribution in [3.05, 3.63) is 71.2 Å². The summed E-state index contributed by atoms with van der Waals surface area (Å²) in [5.74, 6) is 0.990. The molecule has 2 aromatic carbocycles. The van der Waals surface area contributed by atoms with Gasteiger partial charge in [-0.05, 0) is 48.0 Å². The van der Waals surface area contributed by atoms with Gasteiger partial charge in [-0.25, -0.2) is 8.42 Å². The van der Waals surface area contributed by atoms with Crippen molar-refractivity contribution in [3.8, 4) is 11.5 Å². The smallest absolute Gasteiger partial charge is 0.246 e. The first kappa shape index (κ1) is 24.0. The lowest BCUT2D eigenvalue weighted by atomic mass is 10.2. The second-order valence-electron chi connectivity index (χ2n) is 7.03. The molecular weight excluding hydrogens is 496 g/mol. The highest BCUT2D eigenvalue weighted by atomic mass is 79.9. The highest BCUT2D eigenvalue weighted by Crippen LogP contribution is 2.28. The lowest BCUT2D eigenvalue weighted by molar-refractivity contribution is -0.127. The standard InChI is InChI=1S/C23H25BrN2O5S/c1-3-16-31-21-10-4-18(17-22(21)30-2)5-11-23(27)25-12-14-26(15-13-25)32(28,29)20-8-6-19(24)7-9-20/h3-11,17H,1,12-16H2,2H3/b11-5+. The second kappa shape index (κ2) is 10.8. The van der Waals surface area contributed by atoms with Gasteiger partial charge in [0.1, 0.15) is 6.61 Å². The Morgan fingerprint density at radius 2 is 1.78 bits per heavy atom. The van der Waals surface area contributed by atoms with Crippen molar-refractivity contribution in [1.29, 1.82) is 0 Å². The molecule has 9 heteroatoms. The monoisotopic (exact) mass is 520 g/mol. The summed E-state index contributed by atoms with van der Waals surface area (Å²) in [7, 11) is -2.03. The second-order valence-corrected chi connectivity index (χ2v) is 9.88. The van der Waals surface area contributed by atoms with Gasteiger partial charge in [-0.3, -0.25) is 4.79 Å². The van der Waals surface area contributed by atoms with Crippen LogP contribution in [0.2, 0.25) is 0 Å². The number of hydrogen-bond donors (Lipinski definition) is 0. The number of carbonyl (C=O) groups excluding carboxylic acids is 1. The van der Waals surface area contributed by atoms with E-state index in [0.29, 0.717) is 31.2 Å². The van der Waals surface area contributed by atoms with Gasteiger partial charge in [0.05, 0.1) is 12.0 Å². The van der Waals surface area contributed by atoms with Crippen molar-refractivity contribution in [3.63, 3.8) is 0 Å². The third-order valence-electron chi connectivity index (χ3n) is 4.96. The largest absolute Gasteiger partial charge is 0.493 e. The zero-order valence-corrected chi connectivity index (χ0v) is 20.1. The third-order valence-corrected chi connectivity index (χ3v) is 7.41. The molecule has 0 aromatic heterocycles. The number of rotatable bonds is 8. The van der Waals surface area contributed by atoms with E-state index in [1.165, 1.54) is 10.4 Å². The first-order valence-electron chi connectivity index (χ1n) is 9.99. The molecule has 1 aliphatic heterocycles. The van der Waals surface area contributed by atoms with Crippen LogP contribution >= 0.6 is 15.9 Å². The number of benzene rings is 2. The van der Waals surface area contributed by atoms with Crippen molar-refractivity contribution in [1.82, 2.24) is 9.21 Å². The van der Waals surface area contributed by atoms with Gasteiger partial charge in [0.25, 0.3) is 0 Å². The highest BCUT2D eigenvalue weighted by Gasteiger charge is 2.29. The molecule has 1 saturated heterocycles. The number of halogens is 1. The molecule has 1 aliphatic rings. The highest BCUT2D eigenvalue weighted by molar-refractivity contribution is 9.10. The molecule has 1 heterocycles. The molecule has 32 heavy (non-hydrogen) atoms. The quantitative estimate of drug-likeness (QED) is 0.392. The fourth-order valence-corrected chi connectivity index (χ4v) is 4.92. The van der Waals surface area contributed by atoms with Gasteiger partial charge in [-0.15, -0.1) is 0 Å². The number of hydrogen-bond acceptors (Lipinski definition) is 5. The Labute approximate surface area is 197 Å². The first-order chi connectivity index (χ1) is 15.3. The molecular formula is C23H25BrN2O5S. The van der Waals surface area contributed by atoms with Crippen LogP contribution in [0.1, 0.15) is 5.56 Å². The Morgan fingerprint density at radius 3 is 2.41 bits per heavy atom. The Kier molecular flexibility index (Phi) is 8.11. The van der Waals surface area contributed by atoms with Crippen LogP contribution in [0, 0.1) is 0 Å². The van der Waals surface area contributed by atoms with Crippen molar-refractivity contribution in [2.24, 2.45) is 0 Å². The predicted molar refractivity (Wildman–Crippen MR) is 127 cm³/mol. The average Bonchev–Trinajstić information content (AvgIpc) is 2.81. The summed E-state index contributed by atoms with van der Waals surface area (Å²) in [6, 6.07) is 11.9. The minimum absolute atomic E-state index is 0.170. The molecule has 0 saturated carbocycles. The van der Waals surface area contributed by atoms with Gasteiger partial charge in [-0.1, -0.05) is 34.7 Å². The average molecular weight is 521 g/mol. The Bertz CT molecular complexity index is 1090. The van der Waals surface area contributed by atoms with Crippen LogP contribution in [0.3, 0.4) is 0 Å². The van der Waals surface area contributed by atoms with Crippen molar-refractivity contribution in [2.45, 2.75) is 4.90 Å². The Morgan fingerprint density at radius 1 is 1.09 bits per heavy atom. The lowest BCUT2D eigenvalue weighted by Crippen LogP contribution is -2.50. The molecule has 170 valence electrons. The molecule has 7 nitrogen and oxygen atoms in total. The van der Waals surface area contributed by atoms with Crippen molar-refractivity contribution >= 4 is 37.9 Å². The fourth-order valence-electron chi connectivity index (χ4n) is 3.23. The van der Waals surface area contributed by atoms with Crippen LogP contribution in [0.5, 0.6) is 11.5 Å². The van der Waals surface area contributed by atoms with Crippen molar-refractivity contribution in [2.75, 3.05) is 39.9 Å². The van der Waals surface area contributed by atoms with Crippen LogP contribution < -0.4 is 9.47 Å². The van der Waals surface area contributed by atoms with E-state index in [1.54, 1.807) is 60.6 Å². The van der Waals surface area contributed by atoms with Crippen LogP contribution in [0.15, 0.2) is 70.6 Å². The van der Waals surface area contributed by atoms with E-state index in [4.69, 9.17) is 9.47 Å². The fraction of sp³-hybridized carbons (Fsp3) is 0.261. The van der Waals surface area contributed by atoms with Crippen LogP contribution in [-0.4, -0.2) is 63.4 Å². The maximum absolute atomic E-state index is 12.8. The van der Waals surface area contributed by atoms with Gasteiger partial charge in [0.15, 0.2) is 11.5 Å². The van der Waals surface area contributed by atoms with Gasteiger partial charge in [-0.2, -0.15) is 4.31 Å². The van der Waals surface area contributed by atoms with Gasteiger partial charge >= 0.3 is 0 Å². The normalized spacial score (nSPS) is 15.0. The van der Waals surface area contributed by atoms with E-state index in [9.17, 15) is 13.2 Å². The number of nitrogens with zero attached hydrogens (tertiary/aromatic N) is 2. The summed E-state index contributed by atoms with van der Waals surface area (Å²) in [4.78, 5) is 14.5. The summed E-state index contributed by atoms with van der Waals surface area (Å²) in [6.45, 7) is 5.15. The molecule has 3 rings (SSSR count). The molecule has 0 N–H and O–H groups in total. The molecule has 0 radical (unpaired) electrons. The summed E-state index contributed by atoms with van der Waals surface area (Å²) in [5.41, 5.74) is 0.789. The Balaban J connectivity index is 1.60. The van der Waals surface area contributed by atoms with Gasteiger partial charge < -0.3 is 14.4 Å². The summed E-state index contributed by atoms with van der Waals surface area (Å²) in [6.07, 6.45) is 4.83. The van der Waals surface area contributed by atoms with E-state index in [0.717, 1.165) is 10.0 Å². The summed E-state index contributed by atoms with van der Waals surface area (Å²) >= 11 is 3.31. The first-order valence-corrected chi connectivity index (χ1v) is 12.2. The van der Waals surface area contributed by atoms with Gasteiger partial charge in [0, 0.05) is 36.7 Å². The molecule has 0 spiro atoms. The minimum atomic E-state index is -3.58. The zero-order chi connectivity index (χ0) is 23.1. The predicted octanol–water partition coefficient (Wildman–Crippen LogP) is 3.57. The molecule has 0 bridgehead atoms. The molecule has 0 atom stereocenters. The van der Waals surface area contributed by atoms with Crippen molar-refractivity contribution < 1.29 is 22.7 Å². The van der Waals surface area contributed by atoms with Crippen LogP contribution in [0.4, 0.5) is 0 Å². The maximum atomic E-state index is 12.8. The van der Waals surface area contributed by atoms with Crippen LogP contribution in [0.25, 0.3) is 6.08 Å². The summed E-state index contributed by atoms with van der Waals surface area (Å²) in [5, 5.41) is 0. The Hall–Kier alpha value is -2.62. The molecule has 2 aromatic rings. The minimum Gasteiger partial charge on any atom is -0.493 e. The van der Waals surface area contributed by atoms with E-state index in [1.807, 2.05) is 6.07 Å². The van der Waals surface area contributed by atoms with E-state index < -0.39 is 10.0 Å². The van der Waals surface area contributed by atoms with Crippen LogP contribution in [-0.2, 0) is 14.8 Å². The third kappa shape index (κ3) is 5.79. The zero-order valence-electron chi connectivity index (χ0n) is 17.7. The van der Waals surface area contributed by atoms with Gasteiger partial charge in [0.2, 0.25) is 15.9 Å². The van der Waals surface area contributed by atoms with E-state index in [2.05, 4.69) is 22.5 Å². The number of carbonyl (C=O) groups is 1. The number of ether oxygens (including phenoxy) is 2. The number of amides is 1. The molecule has 0 aliphatic carbocycles. The topological polar surface area (TPSA) is 76.2 Å². The molecule has 1 amide bonds. The summed E-state index contributed by atoms with van der Waals surface area (Å²) < 4.78 is 38.7. The molecule has 1 fully saturated rings. The SMILES string of the molecule is C=CCOc1ccc(/C=C/C(=O)N2CCN(S(=O)(=O)c3ccc(Br)cc3)CC2)cc1OC. The number of methoxy groups -OCH3 is 1. The van der Waals surface area contributed by atoms with E-state index >= 15 is 0 Å². The molecule has 0 unspecified atom stereocenters. The number of piperazine rings is 1. The number of sulfonamides is 1. The lowest BCUT2D eigenvalue weighted by Gasteiger charge is -2.33.